The lowest BCUT2D eigenvalue weighted by Crippen LogP contribution is -2.38. The van der Waals surface area contributed by atoms with Crippen LogP contribution in [0.1, 0.15) is 23.2 Å². The summed E-state index contributed by atoms with van der Waals surface area (Å²) in [7, 11) is 0. The Balaban J connectivity index is 2.20. The molecule has 102 valence electrons. The topological polar surface area (TPSA) is 83.6 Å². The summed E-state index contributed by atoms with van der Waals surface area (Å²) in [6.45, 7) is 1.32. The maximum atomic E-state index is 11.2. The van der Waals surface area contributed by atoms with Gasteiger partial charge < -0.3 is 15.7 Å². The molecule has 1 aromatic rings. The molecule has 0 spiro atoms. The fraction of sp³-hybridized carbons (Fsp3) is 0.385. The van der Waals surface area contributed by atoms with Gasteiger partial charge in [-0.3, -0.25) is 9.59 Å². The van der Waals surface area contributed by atoms with Gasteiger partial charge in [-0.1, -0.05) is 0 Å². The van der Waals surface area contributed by atoms with Crippen molar-refractivity contribution in [1.82, 2.24) is 0 Å². The van der Waals surface area contributed by atoms with Gasteiger partial charge in [-0.25, -0.2) is 0 Å². The predicted octanol–water partition coefficient (Wildman–Crippen LogP) is 1.85. The first-order valence-electron chi connectivity index (χ1n) is 6.06. The predicted molar refractivity (Wildman–Crippen MR) is 75.2 cm³/mol. The lowest BCUT2D eigenvalue weighted by atomic mass is 9.97. The second-order valence-electron chi connectivity index (χ2n) is 4.65. The molecule has 3 N–H and O–H groups in total. The van der Waals surface area contributed by atoms with Crippen LogP contribution in [0.3, 0.4) is 0 Å². The van der Waals surface area contributed by atoms with Crippen molar-refractivity contribution in [1.29, 1.82) is 0 Å². The fourth-order valence-corrected chi connectivity index (χ4v) is 2.88. The molecule has 1 saturated heterocycles. The van der Waals surface area contributed by atoms with Gasteiger partial charge in [-0.05, 0) is 47.0 Å². The molecule has 1 atom stereocenters. The highest BCUT2D eigenvalue weighted by Gasteiger charge is 2.25. The Bertz CT molecular complexity index is 519. The van der Waals surface area contributed by atoms with Gasteiger partial charge in [0.05, 0.1) is 11.5 Å². The number of piperidine rings is 1. The van der Waals surface area contributed by atoms with Crippen LogP contribution in [0.4, 0.5) is 5.69 Å². The first-order valence-corrected chi connectivity index (χ1v) is 6.85. The summed E-state index contributed by atoms with van der Waals surface area (Å²) < 4.78 is 0.634. The van der Waals surface area contributed by atoms with E-state index >= 15 is 0 Å². The van der Waals surface area contributed by atoms with Crippen molar-refractivity contribution in [3.05, 3.63) is 28.2 Å². The summed E-state index contributed by atoms with van der Waals surface area (Å²) >= 11 is 3.31. The molecule has 1 amide bonds. The highest BCUT2D eigenvalue weighted by Crippen LogP contribution is 2.27. The number of carboxylic acids is 1. The molecule has 5 nitrogen and oxygen atoms in total. The molecule has 1 heterocycles. The van der Waals surface area contributed by atoms with Crippen molar-refractivity contribution in [2.24, 2.45) is 11.7 Å². The summed E-state index contributed by atoms with van der Waals surface area (Å²) in [4.78, 5) is 24.2. The number of anilines is 1. The van der Waals surface area contributed by atoms with Gasteiger partial charge in [0.1, 0.15) is 0 Å². The molecule has 1 fully saturated rings. The van der Waals surface area contributed by atoms with Crippen LogP contribution in [0.2, 0.25) is 0 Å². The minimum absolute atomic E-state index is 0.330. The Morgan fingerprint density at radius 2 is 2.16 bits per heavy atom. The van der Waals surface area contributed by atoms with Crippen LogP contribution >= 0.6 is 15.9 Å². The second kappa shape index (κ2) is 5.61. The number of carbonyl (C=O) groups is 2. The smallest absolute Gasteiger partial charge is 0.308 e. The molecule has 0 radical (unpaired) electrons. The van der Waals surface area contributed by atoms with Crippen molar-refractivity contribution >= 4 is 33.5 Å². The van der Waals surface area contributed by atoms with E-state index < -0.39 is 11.9 Å². The lowest BCUT2D eigenvalue weighted by Gasteiger charge is -2.32. The third kappa shape index (κ3) is 3.07. The highest BCUT2D eigenvalue weighted by molar-refractivity contribution is 9.10. The zero-order valence-corrected chi connectivity index (χ0v) is 11.9. The van der Waals surface area contributed by atoms with Crippen LogP contribution in [0.5, 0.6) is 0 Å². The molecule has 1 aromatic carbocycles. The van der Waals surface area contributed by atoms with E-state index in [1.165, 1.54) is 0 Å². The monoisotopic (exact) mass is 326 g/mol. The van der Waals surface area contributed by atoms with Gasteiger partial charge in [0.2, 0.25) is 5.91 Å². The van der Waals surface area contributed by atoms with Gasteiger partial charge in [0.25, 0.3) is 0 Å². The largest absolute Gasteiger partial charge is 0.481 e. The Morgan fingerprint density at radius 1 is 1.42 bits per heavy atom. The number of benzene rings is 1. The molecular weight excluding hydrogens is 312 g/mol. The quantitative estimate of drug-likeness (QED) is 0.887. The average molecular weight is 327 g/mol. The molecule has 19 heavy (non-hydrogen) atoms. The van der Waals surface area contributed by atoms with Crippen molar-refractivity contribution < 1.29 is 14.7 Å². The standard InChI is InChI=1S/C13H15BrN2O3/c14-11-6-9(3-4-10(11)12(15)17)16-5-1-2-8(7-16)13(18)19/h3-4,6,8H,1-2,5,7H2,(H2,15,17)(H,18,19). The molecule has 2 rings (SSSR count). The fourth-order valence-electron chi connectivity index (χ4n) is 2.31. The van der Waals surface area contributed by atoms with Crippen LogP contribution in [0, 0.1) is 5.92 Å². The van der Waals surface area contributed by atoms with E-state index in [-0.39, 0.29) is 5.92 Å². The molecule has 6 heteroatoms. The van der Waals surface area contributed by atoms with Gasteiger partial charge in [0.15, 0.2) is 0 Å². The average Bonchev–Trinajstić information content (AvgIpc) is 2.38. The van der Waals surface area contributed by atoms with Crippen molar-refractivity contribution in [3.63, 3.8) is 0 Å². The number of hydrogen-bond donors (Lipinski definition) is 2. The first kappa shape index (κ1) is 13.9. The zero-order chi connectivity index (χ0) is 14.0. The van der Waals surface area contributed by atoms with E-state index in [0.29, 0.717) is 23.0 Å². The maximum absolute atomic E-state index is 11.2. The van der Waals surface area contributed by atoms with E-state index in [9.17, 15) is 9.59 Å². The summed E-state index contributed by atoms with van der Waals surface area (Å²) in [5.41, 5.74) is 6.58. The highest BCUT2D eigenvalue weighted by atomic mass is 79.9. The molecule has 0 bridgehead atoms. The number of rotatable bonds is 3. The third-order valence-corrected chi connectivity index (χ3v) is 4.01. The number of nitrogens with zero attached hydrogens (tertiary/aromatic N) is 1. The van der Waals surface area contributed by atoms with Gasteiger partial charge in [-0.15, -0.1) is 0 Å². The van der Waals surface area contributed by atoms with E-state index in [1.54, 1.807) is 12.1 Å². The molecule has 0 aliphatic carbocycles. The van der Waals surface area contributed by atoms with E-state index in [0.717, 1.165) is 18.7 Å². The number of halogens is 1. The maximum Gasteiger partial charge on any atom is 0.308 e. The molecule has 1 unspecified atom stereocenters. The summed E-state index contributed by atoms with van der Waals surface area (Å²) in [5.74, 6) is -1.57. The van der Waals surface area contributed by atoms with Crippen LogP contribution in [0.25, 0.3) is 0 Å². The Kier molecular flexibility index (Phi) is 4.09. The van der Waals surface area contributed by atoms with Gasteiger partial charge in [-0.2, -0.15) is 0 Å². The number of primary amides is 1. The number of carbonyl (C=O) groups excluding carboxylic acids is 1. The Hall–Kier alpha value is -1.56. The van der Waals surface area contributed by atoms with Crippen LogP contribution < -0.4 is 10.6 Å². The summed E-state index contributed by atoms with van der Waals surface area (Å²) in [5, 5.41) is 9.08. The summed E-state index contributed by atoms with van der Waals surface area (Å²) in [6.07, 6.45) is 1.57. The number of hydrogen-bond acceptors (Lipinski definition) is 3. The van der Waals surface area contributed by atoms with Crippen molar-refractivity contribution in [3.8, 4) is 0 Å². The van der Waals surface area contributed by atoms with Crippen molar-refractivity contribution in [2.45, 2.75) is 12.8 Å². The second-order valence-corrected chi connectivity index (χ2v) is 5.51. The zero-order valence-electron chi connectivity index (χ0n) is 10.3. The molecule has 0 saturated carbocycles. The van der Waals surface area contributed by atoms with Crippen LogP contribution in [0.15, 0.2) is 22.7 Å². The molecule has 1 aliphatic rings. The van der Waals surface area contributed by atoms with Crippen molar-refractivity contribution in [2.75, 3.05) is 18.0 Å². The minimum atomic E-state index is -0.752. The van der Waals surface area contributed by atoms with E-state index in [2.05, 4.69) is 15.9 Å². The number of aliphatic carboxylic acids is 1. The van der Waals surface area contributed by atoms with Crippen LogP contribution in [-0.4, -0.2) is 30.1 Å². The SMILES string of the molecule is NC(=O)c1ccc(N2CCCC(C(=O)O)C2)cc1Br. The summed E-state index contributed by atoms with van der Waals surface area (Å²) in [6, 6.07) is 5.27. The van der Waals surface area contributed by atoms with E-state index in [1.807, 2.05) is 11.0 Å². The number of amides is 1. The Morgan fingerprint density at radius 3 is 2.74 bits per heavy atom. The number of nitrogens with two attached hydrogens (primary N) is 1. The Labute approximate surface area is 119 Å². The molecule has 0 aromatic heterocycles. The van der Waals surface area contributed by atoms with E-state index in [4.69, 9.17) is 10.8 Å². The lowest BCUT2D eigenvalue weighted by molar-refractivity contribution is -0.141. The van der Waals surface area contributed by atoms with Gasteiger partial charge in [0, 0.05) is 23.2 Å². The van der Waals surface area contributed by atoms with Crippen LogP contribution in [-0.2, 0) is 4.79 Å². The third-order valence-electron chi connectivity index (χ3n) is 3.35. The number of carboxylic acid groups (broad SMARTS) is 1. The normalized spacial score (nSPS) is 19.2. The van der Waals surface area contributed by atoms with Gasteiger partial charge >= 0.3 is 5.97 Å². The minimum Gasteiger partial charge on any atom is -0.481 e. The first-order chi connectivity index (χ1) is 8.99. The molecule has 1 aliphatic heterocycles. The molecular formula is C13H15BrN2O3.